The highest BCUT2D eigenvalue weighted by Crippen LogP contribution is 2.17. The average Bonchev–Trinajstić information content (AvgIpc) is 2.80. The van der Waals surface area contributed by atoms with Crippen molar-refractivity contribution in [3.63, 3.8) is 0 Å². The fraction of sp³-hybridized carbons (Fsp3) is 0.308. The van der Waals surface area contributed by atoms with Gasteiger partial charge in [0.05, 0.1) is 16.3 Å². The standard InChI is InChI=1S/C13H17FN4O2S/c1-3-13-9(8-18(2)17-13)7-16-21(19,20)10-4-5-12(15)11(14)6-10/h4-6,8,16H,3,7,15H2,1-2H3. The van der Waals surface area contributed by atoms with Gasteiger partial charge >= 0.3 is 0 Å². The highest BCUT2D eigenvalue weighted by atomic mass is 32.2. The van der Waals surface area contributed by atoms with Crippen LogP contribution in [0.4, 0.5) is 10.1 Å². The third-order valence-corrected chi connectivity index (χ3v) is 4.46. The largest absolute Gasteiger partial charge is 0.396 e. The van der Waals surface area contributed by atoms with Crippen molar-refractivity contribution < 1.29 is 12.8 Å². The molecule has 1 aromatic heterocycles. The molecule has 0 spiro atoms. The normalized spacial score (nSPS) is 11.8. The predicted octanol–water partition coefficient (Wildman–Crippen LogP) is 1.18. The Morgan fingerprint density at radius 3 is 2.76 bits per heavy atom. The van der Waals surface area contributed by atoms with Crippen molar-refractivity contribution in [1.82, 2.24) is 14.5 Å². The molecule has 2 aromatic rings. The molecule has 6 nitrogen and oxygen atoms in total. The van der Waals surface area contributed by atoms with Crippen LogP contribution < -0.4 is 10.5 Å². The SMILES string of the molecule is CCc1nn(C)cc1CNS(=O)(=O)c1ccc(N)c(F)c1. The van der Waals surface area contributed by atoms with Crippen molar-refractivity contribution in [3.8, 4) is 0 Å². The number of sulfonamides is 1. The Hall–Kier alpha value is -1.93. The molecule has 0 saturated carbocycles. The monoisotopic (exact) mass is 312 g/mol. The van der Waals surface area contributed by atoms with E-state index in [4.69, 9.17) is 5.73 Å². The highest BCUT2D eigenvalue weighted by molar-refractivity contribution is 7.89. The molecule has 3 N–H and O–H groups in total. The van der Waals surface area contributed by atoms with Gasteiger partial charge < -0.3 is 5.73 Å². The molecule has 0 aliphatic rings. The van der Waals surface area contributed by atoms with Crippen LogP contribution in [0.1, 0.15) is 18.2 Å². The number of nitrogen functional groups attached to an aromatic ring is 1. The lowest BCUT2D eigenvalue weighted by Crippen LogP contribution is -2.23. The van der Waals surface area contributed by atoms with Crippen LogP contribution in [0, 0.1) is 5.82 Å². The van der Waals surface area contributed by atoms with E-state index in [-0.39, 0.29) is 17.1 Å². The number of aryl methyl sites for hydroxylation is 2. The molecule has 0 aliphatic heterocycles. The van der Waals surface area contributed by atoms with Gasteiger partial charge in [-0.15, -0.1) is 0 Å². The Balaban J connectivity index is 2.19. The van der Waals surface area contributed by atoms with E-state index >= 15 is 0 Å². The fourth-order valence-corrected chi connectivity index (χ4v) is 2.98. The fourth-order valence-electron chi connectivity index (χ4n) is 1.96. The zero-order valence-corrected chi connectivity index (χ0v) is 12.6. The minimum Gasteiger partial charge on any atom is -0.396 e. The number of nitrogens with one attached hydrogen (secondary N) is 1. The number of anilines is 1. The first-order valence-corrected chi connectivity index (χ1v) is 7.88. The Kier molecular flexibility index (Phi) is 4.29. The molecule has 2 rings (SSSR count). The summed E-state index contributed by atoms with van der Waals surface area (Å²) in [6, 6.07) is 3.40. The lowest BCUT2D eigenvalue weighted by atomic mass is 10.2. The lowest BCUT2D eigenvalue weighted by Gasteiger charge is -2.07. The first-order chi connectivity index (χ1) is 9.83. The van der Waals surface area contributed by atoms with Crippen LogP contribution in [0.2, 0.25) is 0 Å². The molecule has 0 saturated heterocycles. The molecule has 0 atom stereocenters. The number of hydrogen-bond acceptors (Lipinski definition) is 4. The maximum absolute atomic E-state index is 13.4. The van der Waals surface area contributed by atoms with Crippen molar-refractivity contribution >= 4 is 15.7 Å². The molecule has 8 heteroatoms. The quantitative estimate of drug-likeness (QED) is 0.811. The van der Waals surface area contributed by atoms with Gasteiger partial charge in [0.25, 0.3) is 0 Å². The third-order valence-electron chi connectivity index (χ3n) is 3.06. The van der Waals surface area contributed by atoms with Crippen molar-refractivity contribution in [2.75, 3.05) is 5.73 Å². The first kappa shape index (κ1) is 15.5. The molecule has 1 aromatic carbocycles. The van der Waals surface area contributed by atoms with E-state index < -0.39 is 15.8 Å². The molecule has 114 valence electrons. The van der Waals surface area contributed by atoms with Crippen LogP contribution >= 0.6 is 0 Å². The Bertz CT molecular complexity index is 756. The van der Waals surface area contributed by atoms with Crippen molar-refractivity contribution in [2.45, 2.75) is 24.8 Å². The number of benzene rings is 1. The summed E-state index contributed by atoms with van der Waals surface area (Å²) in [5, 5.41) is 4.23. The summed E-state index contributed by atoms with van der Waals surface area (Å²) in [5.74, 6) is -0.756. The van der Waals surface area contributed by atoms with Gasteiger partial charge in [0.15, 0.2) is 0 Å². The van der Waals surface area contributed by atoms with Gasteiger partial charge in [-0.3, -0.25) is 4.68 Å². The molecule has 21 heavy (non-hydrogen) atoms. The number of nitrogens with zero attached hydrogens (tertiary/aromatic N) is 2. The predicted molar refractivity (Wildman–Crippen MR) is 77.4 cm³/mol. The van der Waals surface area contributed by atoms with Gasteiger partial charge in [-0.1, -0.05) is 6.92 Å². The highest BCUT2D eigenvalue weighted by Gasteiger charge is 2.17. The number of aromatic nitrogens is 2. The Morgan fingerprint density at radius 2 is 2.14 bits per heavy atom. The van der Waals surface area contributed by atoms with Crippen LogP contribution in [0.3, 0.4) is 0 Å². The number of rotatable bonds is 5. The summed E-state index contributed by atoms with van der Waals surface area (Å²) in [6.07, 6.45) is 2.46. The number of nitrogens with two attached hydrogens (primary N) is 1. The van der Waals surface area contributed by atoms with Crippen LogP contribution in [0.15, 0.2) is 29.3 Å². The summed E-state index contributed by atoms with van der Waals surface area (Å²) >= 11 is 0. The van der Waals surface area contributed by atoms with Gasteiger partial charge in [-0.05, 0) is 24.6 Å². The second-order valence-electron chi connectivity index (χ2n) is 4.64. The zero-order valence-electron chi connectivity index (χ0n) is 11.8. The second-order valence-corrected chi connectivity index (χ2v) is 6.40. The number of halogens is 1. The molecular weight excluding hydrogens is 295 g/mol. The van der Waals surface area contributed by atoms with E-state index in [0.717, 1.165) is 17.3 Å². The minimum absolute atomic E-state index is 0.0884. The summed E-state index contributed by atoms with van der Waals surface area (Å²) in [4.78, 5) is -0.156. The molecule has 0 bridgehead atoms. The Morgan fingerprint density at radius 1 is 1.43 bits per heavy atom. The molecule has 1 heterocycles. The molecule has 0 fully saturated rings. The molecule has 0 aliphatic carbocycles. The zero-order chi connectivity index (χ0) is 15.6. The van der Waals surface area contributed by atoms with Crippen LogP contribution in [-0.2, 0) is 30.0 Å². The summed E-state index contributed by atoms with van der Waals surface area (Å²) < 4.78 is 41.7. The van der Waals surface area contributed by atoms with Crippen molar-refractivity contribution in [2.24, 2.45) is 7.05 Å². The van der Waals surface area contributed by atoms with E-state index in [2.05, 4.69) is 9.82 Å². The smallest absolute Gasteiger partial charge is 0.240 e. The molecule has 0 amide bonds. The minimum atomic E-state index is -3.80. The molecular formula is C13H17FN4O2S. The summed E-state index contributed by atoms with van der Waals surface area (Å²) in [7, 11) is -2.03. The van der Waals surface area contributed by atoms with Gasteiger partial charge in [-0.2, -0.15) is 5.10 Å². The van der Waals surface area contributed by atoms with E-state index in [1.807, 2.05) is 6.92 Å². The van der Waals surface area contributed by atoms with E-state index in [1.165, 1.54) is 12.1 Å². The topological polar surface area (TPSA) is 90.0 Å². The second kappa shape index (κ2) is 5.82. The molecule has 0 unspecified atom stereocenters. The van der Waals surface area contributed by atoms with Crippen LogP contribution in [0.25, 0.3) is 0 Å². The van der Waals surface area contributed by atoms with E-state index in [1.54, 1.807) is 17.9 Å². The maximum Gasteiger partial charge on any atom is 0.240 e. The molecule has 0 radical (unpaired) electrons. The summed E-state index contributed by atoms with van der Waals surface area (Å²) in [5.41, 5.74) is 6.86. The number of hydrogen-bond donors (Lipinski definition) is 2. The van der Waals surface area contributed by atoms with Crippen LogP contribution in [-0.4, -0.2) is 18.2 Å². The summed E-state index contributed by atoms with van der Waals surface area (Å²) in [6.45, 7) is 2.04. The van der Waals surface area contributed by atoms with Crippen LogP contribution in [0.5, 0.6) is 0 Å². The van der Waals surface area contributed by atoms with E-state index in [9.17, 15) is 12.8 Å². The third kappa shape index (κ3) is 3.40. The first-order valence-electron chi connectivity index (χ1n) is 6.39. The van der Waals surface area contributed by atoms with Gasteiger partial charge in [-0.25, -0.2) is 17.5 Å². The Labute approximate surface area is 122 Å². The van der Waals surface area contributed by atoms with Gasteiger partial charge in [0.2, 0.25) is 10.0 Å². The maximum atomic E-state index is 13.4. The van der Waals surface area contributed by atoms with Gasteiger partial charge in [0.1, 0.15) is 5.82 Å². The lowest BCUT2D eigenvalue weighted by molar-refractivity contribution is 0.577. The van der Waals surface area contributed by atoms with Crippen molar-refractivity contribution in [1.29, 1.82) is 0 Å². The van der Waals surface area contributed by atoms with Crippen molar-refractivity contribution in [3.05, 3.63) is 41.5 Å². The van der Waals surface area contributed by atoms with E-state index in [0.29, 0.717) is 6.42 Å². The average molecular weight is 312 g/mol. The van der Waals surface area contributed by atoms with Gasteiger partial charge in [0, 0.05) is 25.4 Å².